The van der Waals surface area contributed by atoms with Crippen LogP contribution in [0.2, 0.25) is 0 Å². The predicted octanol–water partition coefficient (Wildman–Crippen LogP) is 3.27. The van der Waals surface area contributed by atoms with Gasteiger partial charge in [-0.05, 0) is 36.1 Å². The number of carbonyl (C=O) groups excluding carboxylic acids is 4. The van der Waals surface area contributed by atoms with Gasteiger partial charge in [-0.15, -0.1) is 0 Å². The van der Waals surface area contributed by atoms with Gasteiger partial charge in [-0.1, -0.05) is 36.4 Å². The maximum atomic E-state index is 14.0. The van der Waals surface area contributed by atoms with Crippen molar-refractivity contribution in [1.29, 1.82) is 0 Å². The van der Waals surface area contributed by atoms with Gasteiger partial charge in [0.2, 0.25) is 23.4 Å². The van der Waals surface area contributed by atoms with Crippen LogP contribution in [0.1, 0.15) is 24.0 Å². The summed E-state index contributed by atoms with van der Waals surface area (Å²) in [6.07, 6.45) is -0.403. The molecule has 3 aromatic rings. The molecule has 3 unspecified atom stereocenters. The van der Waals surface area contributed by atoms with E-state index in [1.807, 2.05) is 0 Å². The number of para-hydroxylation sites is 2. The third kappa shape index (κ3) is 6.73. The SMILES string of the molecule is CN(C(=O)NC1CCc2cccc3c2N(C1=O)C(C(=O)NC(CC(=O)O)C(=O)COc1c(F)c(F)cc(F)c1F)C3)c1ccccc1. The minimum Gasteiger partial charge on any atom is -0.481 e. The monoisotopic (exact) mass is 656 g/mol. The molecule has 47 heavy (non-hydrogen) atoms. The van der Waals surface area contributed by atoms with Crippen molar-refractivity contribution >= 4 is 41.0 Å². The number of carboxylic acid groups (broad SMARTS) is 1. The first-order valence-electron chi connectivity index (χ1n) is 14.4. The Morgan fingerprint density at radius 1 is 1.00 bits per heavy atom. The summed E-state index contributed by atoms with van der Waals surface area (Å²) in [6.45, 7) is -1.25. The highest BCUT2D eigenvalue weighted by Gasteiger charge is 2.45. The number of aliphatic carboxylic acids is 1. The highest BCUT2D eigenvalue weighted by Crippen LogP contribution is 2.39. The largest absolute Gasteiger partial charge is 0.481 e. The lowest BCUT2D eigenvalue weighted by Crippen LogP contribution is -2.57. The minimum absolute atomic E-state index is 0.00515. The number of anilines is 2. The lowest BCUT2D eigenvalue weighted by Gasteiger charge is -2.29. The van der Waals surface area contributed by atoms with E-state index in [4.69, 9.17) is 0 Å². The average molecular weight is 657 g/mol. The number of nitrogens with zero attached hydrogens (tertiary/aromatic N) is 2. The molecule has 246 valence electrons. The molecule has 0 radical (unpaired) electrons. The van der Waals surface area contributed by atoms with E-state index in [1.165, 1.54) is 16.8 Å². The van der Waals surface area contributed by atoms with Crippen molar-refractivity contribution in [2.75, 3.05) is 23.5 Å². The standard InChI is InChI=1S/C32H28F4N4O7/c1-39(18-8-3-2-4-9-18)32(46)38-21-11-10-16-6-5-7-17-12-23(40(28(16)17)31(21)45)30(44)37-22(14-25(42)43)24(41)15-47-29-26(35)19(33)13-20(34)27(29)36/h2-9,13,21-23H,10-12,14-15H2,1H3,(H,37,44)(H,38,46)(H,42,43). The molecule has 0 aromatic heterocycles. The summed E-state index contributed by atoms with van der Waals surface area (Å²) in [7, 11) is 1.53. The van der Waals surface area contributed by atoms with Crippen LogP contribution < -0.4 is 25.2 Å². The van der Waals surface area contributed by atoms with Gasteiger partial charge >= 0.3 is 12.0 Å². The fraction of sp³-hybridized carbons (Fsp3) is 0.281. The van der Waals surface area contributed by atoms with Crippen molar-refractivity contribution in [3.63, 3.8) is 0 Å². The molecule has 0 saturated heterocycles. The molecule has 5 rings (SSSR count). The van der Waals surface area contributed by atoms with E-state index in [-0.39, 0.29) is 18.9 Å². The fourth-order valence-corrected chi connectivity index (χ4v) is 5.60. The fourth-order valence-electron chi connectivity index (χ4n) is 5.60. The molecule has 0 bridgehead atoms. The number of ether oxygens (including phenoxy) is 1. The normalized spacial score (nSPS) is 17.3. The predicted molar refractivity (Wildman–Crippen MR) is 158 cm³/mol. The average Bonchev–Trinajstić information content (AvgIpc) is 3.39. The topological polar surface area (TPSA) is 145 Å². The molecule has 2 aliphatic rings. The van der Waals surface area contributed by atoms with E-state index in [0.717, 1.165) is 5.56 Å². The number of hydrogen-bond donors (Lipinski definition) is 3. The number of ketones is 1. The summed E-state index contributed by atoms with van der Waals surface area (Å²) in [5, 5.41) is 14.4. The number of aryl methyl sites for hydroxylation is 1. The molecule has 0 saturated carbocycles. The Morgan fingerprint density at radius 3 is 2.32 bits per heavy atom. The molecule has 2 aliphatic heterocycles. The number of nitrogens with one attached hydrogen (secondary N) is 2. The molecule has 0 aliphatic carbocycles. The van der Waals surface area contributed by atoms with Gasteiger partial charge < -0.3 is 20.5 Å². The van der Waals surface area contributed by atoms with E-state index in [9.17, 15) is 46.6 Å². The van der Waals surface area contributed by atoms with Crippen LogP contribution in [0.3, 0.4) is 0 Å². The molecule has 3 N–H and O–H groups in total. The molecule has 3 aromatic carbocycles. The molecule has 4 amide bonds. The number of benzene rings is 3. The number of carbonyl (C=O) groups is 5. The second-order valence-electron chi connectivity index (χ2n) is 11.0. The molecule has 0 fully saturated rings. The zero-order valence-electron chi connectivity index (χ0n) is 24.8. The third-order valence-corrected chi connectivity index (χ3v) is 7.97. The molecule has 2 heterocycles. The van der Waals surface area contributed by atoms with Crippen molar-refractivity contribution in [3.8, 4) is 5.75 Å². The third-order valence-electron chi connectivity index (χ3n) is 7.97. The quantitative estimate of drug-likeness (QED) is 0.224. The minimum atomic E-state index is -1.91. The van der Waals surface area contributed by atoms with Gasteiger partial charge in [0, 0.05) is 25.2 Å². The maximum Gasteiger partial charge on any atom is 0.322 e. The second-order valence-corrected chi connectivity index (χ2v) is 11.0. The van der Waals surface area contributed by atoms with Gasteiger partial charge in [-0.2, -0.15) is 8.78 Å². The summed E-state index contributed by atoms with van der Waals surface area (Å²) in [4.78, 5) is 67.8. The number of halogens is 4. The van der Waals surface area contributed by atoms with Crippen molar-refractivity contribution in [2.45, 2.75) is 43.8 Å². The second kappa shape index (κ2) is 13.5. The summed E-state index contributed by atoms with van der Waals surface area (Å²) in [6, 6.07) is 9.17. The number of rotatable bonds is 10. The highest BCUT2D eigenvalue weighted by atomic mass is 19.2. The van der Waals surface area contributed by atoms with Gasteiger partial charge in [0.05, 0.1) is 12.1 Å². The number of urea groups is 1. The summed E-state index contributed by atoms with van der Waals surface area (Å²) < 4.78 is 59.9. The maximum absolute atomic E-state index is 14.0. The smallest absolute Gasteiger partial charge is 0.322 e. The zero-order valence-corrected chi connectivity index (χ0v) is 24.8. The molecular weight excluding hydrogens is 628 g/mol. The van der Waals surface area contributed by atoms with Gasteiger partial charge in [0.1, 0.15) is 24.7 Å². The Labute approximate surface area is 265 Å². The van der Waals surface area contributed by atoms with E-state index in [0.29, 0.717) is 23.4 Å². The van der Waals surface area contributed by atoms with E-state index in [1.54, 1.807) is 48.5 Å². The van der Waals surface area contributed by atoms with Gasteiger partial charge in [0.15, 0.2) is 23.2 Å². The van der Waals surface area contributed by atoms with Crippen LogP contribution in [0.25, 0.3) is 0 Å². The van der Waals surface area contributed by atoms with Crippen LogP contribution in [0.4, 0.5) is 33.7 Å². The number of amides is 4. The highest BCUT2D eigenvalue weighted by molar-refractivity contribution is 6.09. The van der Waals surface area contributed by atoms with Crippen LogP contribution >= 0.6 is 0 Å². The lowest BCUT2D eigenvalue weighted by molar-refractivity contribution is -0.140. The number of carboxylic acids is 1. The summed E-state index contributed by atoms with van der Waals surface area (Å²) >= 11 is 0. The van der Waals surface area contributed by atoms with Crippen molar-refractivity contribution < 1.29 is 51.4 Å². The number of Topliss-reactive ketones (excluding diaryl/α,β-unsaturated/α-hetero) is 1. The van der Waals surface area contributed by atoms with Crippen LogP contribution in [-0.4, -0.2) is 66.5 Å². The van der Waals surface area contributed by atoms with E-state index < -0.39 is 89.8 Å². The van der Waals surface area contributed by atoms with Gasteiger partial charge in [-0.25, -0.2) is 13.6 Å². The molecule has 0 spiro atoms. The van der Waals surface area contributed by atoms with Crippen molar-refractivity contribution in [2.24, 2.45) is 0 Å². The Balaban J connectivity index is 1.35. The lowest BCUT2D eigenvalue weighted by atomic mass is 10.0. The van der Waals surface area contributed by atoms with Gasteiger partial charge in [0.25, 0.3) is 0 Å². The summed E-state index contributed by atoms with van der Waals surface area (Å²) in [5.74, 6) is -13.2. The van der Waals surface area contributed by atoms with Crippen molar-refractivity contribution in [3.05, 3.63) is 89.0 Å². The van der Waals surface area contributed by atoms with Crippen LogP contribution in [0, 0.1) is 23.3 Å². The first-order chi connectivity index (χ1) is 22.4. The molecule has 11 nitrogen and oxygen atoms in total. The van der Waals surface area contributed by atoms with Gasteiger partial charge in [-0.3, -0.25) is 29.0 Å². The number of hydrogen-bond acceptors (Lipinski definition) is 6. The molecule has 3 atom stereocenters. The first-order valence-corrected chi connectivity index (χ1v) is 14.4. The first kappa shape index (κ1) is 32.9. The molecule has 15 heteroatoms. The Morgan fingerprint density at radius 2 is 1.66 bits per heavy atom. The summed E-state index contributed by atoms with van der Waals surface area (Å²) in [5.41, 5.74) is 2.40. The van der Waals surface area contributed by atoms with Crippen LogP contribution in [0.15, 0.2) is 54.6 Å². The molecular formula is C32H28F4N4O7. The van der Waals surface area contributed by atoms with Crippen LogP contribution in [-0.2, 0) is 32.0 Å². The Kier molecular flexibility index (Phi) is 9.44. The van der Waals surface area contributed by atoms with Crippen LogP contribution in [0.5, 0.6) is 5.75 Å². The van der Waals surface area contributed by atoms with Crippen molar-refractivity contribution in [1.82, 2.24) is 10.6 Å². The van der Waals surface area contributed by atoms with E-state index in [2.05, 4.69) is 15.4 Å². The zero-order chi connectivity index (χ0) is 34.0. The van der Waals surface area contributed by atoms with E-state index >= 15 is 0 Å². The Hall–Kier alpha value is -5.47. The Bertz CT molecular complexity index is 1730.